The maximum Gasteiger partial charge on any atom is 0.302 e. The molecule has 1 aliphatic heterocycles. The van der Waals surface area contributed by atoms with Crippen molar-refractivity contribution in [1.29, 1.82) is 0 Å². The topological polar surface area (TPSA) is 145 Å². The Morgan fingerprint density at radius 1 is 1.26 bits per heavy atom. The van der Waals surface area contributed by atoms with Crippen LogP contribution in [0.1, 0.15) is 6.42 Å². The van der Waals surface area contributed by atoms with Crippen LogP contribution in [-0.2, 0) is 15.0 Å². The van der Waals surface area contributed by atoms with Crippen molar-refractivity contribution in [1.82, 2.24) is 15.0 Å². The van der Waals surface area contributed by atoms with Gasteiger partial charge in [0.05, 0.1) is 5.75 Å². The second kappa shape index (κ2) is 4.57. The molecule has 1 unspecified atom stereocenters. The van der Waals surface area contributed by atoms with Crippen LogP contribution >= 0.6 is 0 Å². The molecule has 1 amide bonds. The minimum atomic E-state index is -4.63. The molecule has 11 heteroatoms. The molecule has 19 heavy (non-hydrogen) atoms. The molecule has 0 bridgehead atoms. The predicted molar refractivity (Wildman–Crippen MR) is 64.0 cm³/mol. The van der Waals surface area contributed by atoms with Gasteiger partial charge in [0.15, 0.2) is 0 Å². The van der Waals surface area contributed by atoms with Gasteiger partial charge in [-0.3, -0.25) is 9.69 Å². The molecule has 1 aromatic rings. The van der Waals surface area contributed by atoms with Gasteiger partial charge in [-0.15, -0.1) is 3.89 Å². The number of aromatic nitrogens is 3. The second-order valence-corrected chi connectivity index (χ2v) is 5.54. The number of nitrogens with two attached hydrogens (primary N) is 2. The molecule has 0 saturated carbocycles. The van der Waals surface area contributed by atoms with Crippen LogP contribution in [-0.4, -0.2) is 41.6 Å². The zero-order chi connectivity index (χ0) is 14.2. The number of hydrogen-bond donors (Lipinski definition) is 2. The van der Waals surface area contributed by atoms with Crippen molar-refractivity contribution in [2.45, 2.75) is 6.42 Å². The van der Waals surface area contributed by atoms with Crippen LogP contribution in [0.2, 0.25) is 0 Å². The molecule has 0 aliphatic carbocycles. The van der Waals surface area contributed by atoms with Gasteiger partial charge in [0.25, 0.3) is 0 Å². The molecule has 1 saturated heterocycles. The molecule has 2 heterocycles. The average molecular weight is 290 g/mol. The fraction of sp³-hybridized carbons (Fsp3) is 0.500. The molecule has 9 nitrogen and oxygen atoms in total. The lowest BCUT2D eigenvalue weighted by Crippen LogP contribution is -2.28. The fourth-order valence-electron chi connectivity index (χ4n) is 1.89. The van der Waals surface area contributed by atoms with Gasteiger partial charge >= 0.3 is 10.2 Å². The fourth-order valence-corrected chi connectivity index (χ4v) is 2.67. The molecule has 2 rings (SSSR count). The molecule has 1 aliphatic rings. The maximum atomic E-state index is 12.6. The first-order chi connectivity index (χ1) is 8.74. The summed E-state index contributed by atoms with van der Waals surface area (Å²) in [5.41, 5.74) is 10.7. The summed E-state index contributed by atoms with van der Waals surface area (Å²) in [6, 6.07) is 0. The van der Waals surface area contributed by atoms with Crippen molar-refractivity contribution in [3.63, 3.8) is 0 Å². The summed E-state index contributed by atoms with van der Waals surface area (Å²) >= 11 is 0. The zero-order valence-corrected chi connectivity index (χ0v) is 10.5. The van der Waals surface area contributed by atoms with Gasteiger partial charge in [-0.1, -0.05) is 0 Å². The minimum absolute atomic E-state index is 0.00905. The molecule has 0 radical (unpaired) electrons. The number of hydrogen-bond acceptors (Lipinski definition) is 8. The number of carbonyl (C=O) groups is 1. The van der Waals surface area contributed by atoms with E-state index in [0.29, 0.717) is 0 Å². The van der Waals surface area contributed by atoms with Crippen molar-refractivity contribution in [3.05, 3.63) is 0 Å². The zero-order valence-electron chi connectivity index (χ0n) is 9.65. The van der Waals surface area contributed by atoms with E-state index in [1.54, 1.807) is 0 Å². The molecule has 104 valence electrons. The van der Waals surface area contributed by atoms with Gasteiger partial charge in [0.1, 0.15) is 0 Å². The van der Waals surface area contributed by atoms with Gasteiger partial charge in [-0.05, 0) is 0 Å². The summed E-state index contributed by atoms with van der Waals surface area (Å²) in [5.74, 6) is -2.16. The van der Waals surface area contributed by atoms with Crippen LogP contribution in [0.5, 0.6) is 0 Å². The smallest absolute Gasteiger partial charge is 0.302 e. The first-order valence-corrected chi connectivity index (χ1v) is 6.79. The maximum absolute atomic E-state index is 12.6. The van der Waals surface area contributed by atoms with E-state index >= 15 is 0 Å². The molecule has 4 N–H and O–H groups in total. The Morgan fingerprint density at radius 2 is 1.84 bits per heavy atom. The van der Waals surface area contributed by atoms with Crippen molar-refractivity contribution >= 4 is 34.0 Å². The van der Waals surface area contributed by atoms with Crippen LogP contribution in [0.25, 0.3) is 0 Å². The summed E-state index contributed by atoms with van der Waals surface area (Å²) in [6.45, 7) is -0.00905. The van der Waals surface area contributed by atoms with E-state index in [4.69, 9.17) is 11.5 Å². The van der Waals surface area contributed by atoms with Gasteiger partial charge in [-0.2, -0.15) is 23.4 Å². The normalized spacial score (nSPS) is 19.9. The number of nitrogens with zero attached hydrogens (tertiary/aromatic N) is 4. The third kappa shape index (κ3) is 3.24. The Bertz CT molecular complexity index is 601. The van der Waals surface area contributed by atoms with Crippen LogP contribution < -0.4 is 16.4 Å². The van der Waals surface area contributed by atoms with Crippen LogP contribution in [0, 0.1) is 5.92 Å². The van der Waals surface area contributed by atoms with Crippen LogP contribution in [0.15, 0.2) is 0 Å². The number of carbonyl (C=O) groups excluding carboxylic acids is 1. The van der Waals surface area contributed by atoms with Gasteiger partial charge in [0, 0.05) is 18.9 Å². The molecule has 0 spiro atoms. The van der Waals surface area contributed by atoms with Crippen molar-refractivity contribution in [3.8, 4) is 0 Å². The van der Waals surface area contributed by atoms with Crippen LogP contribution in [0.4, 0.5) is 21.7 Å². The molecule has 1 fully saturated rings. The van der Waals surface area contributed by atoms with Gasteiger partial charge in [-0.25, -0.2) is 0 Å². The highest BCUT2D eigenvalue weighted by Crippen LogP contribution is 2.24. The van der Waals surface area contributed by atoms with E-state index in [-0.39, 0.29) is 30.8 Å². The van der Waals surface area contributed by atoms with E-state index in [1.165, 1.54) is 0 Å². The lowest BCUT2D eigenvalue weighted by Gasteiger charge is -2.14. The van der Waals surface area contributed by atoms with Crippen molar-refractivity contribution in [2.24, 2.45) is 5.92 Å². The third-order valence-corrected chi connectivity index (χ3v) is 3.41. The van der Waals surface area contributed by atoms with E-state index in [0.717, 1.165) is 4.90 Å². The highest BCUT2D eigenvalue weighted by molar-refractivity contribution is 7.86. The van der Waals surface area contributed by atoms with Gasteiger partial charge in [0.2, 0.25) is 23.8 Å². The standard InChI is InChI=1S/C8H11FN6O3S/c9-19(17,18)3-4-1-5(16)15(2-4)8-13-6(10)12-7(11)14-8/h4H,1-3H2,(H4,10,11,12,13,14). The molecular formula is C8H11FN6O3S. The first kappa shape index (κ1) is 13.4. The highest BCUT2D eigenvalue weighted by atomic mass is 32.3. The number of amides is 1. The Balaban J connectivity index is 2.20. The third-order valence-electron chi connectivity index (χ3n) is 2.54. The summed E-state index contributed by atoms with van der Waals surface area (Å²) < 4.78 is 33.7. The molecule has 1 atom stereocenters. The summed E-state index contributed by atoms with van der Waals surface area (Å²) in [6.07, 6.45) is -0.103. The lowest BCUT2D eigenvalue weighted by molar-refractivity contribution is -0.117. The average Bonchev–Trinajstić information content (AvgIpc) is 2.54. The lowest BCUT2D eigenvalue weighted by atomic mass is 10.1. The van der Waals surface area contributed by atoms with Crippen molar-refractivity contribution < 1.29 is 17.1 Å². The monoisotopic (exact) mass is 290 g/mol. The van der Waals surface area contributed by atoms with E-state index in [2.05, 4.69) is 15.0 Å². The number of nitrogen functional groups attached to an aromatic ring is 2. The Labute approximate surface area is 108 Å². The van der Waals surface area contributed by atoms with E-state index < -0.39 is 27.8 Å². The SMILES string of the molecule is Nc1nc(N)nc(N2CC(CS(=O)(=O)F)CC2=O)n1. The van der Waals surface area contributed by atoms with E-state index in [9.17, 15) is 17.1 Å². The number of halogens is 1. The number of rotatable bonds is 3. The molecule has 1 aromatic heterocycles. The first-order valence-electron chi connectivity index (χ1n) is 5.24. The second-order valence-electron chi connectivity index (χ2n) is 4.13. The highest BCUT2D eigenvalue weighted by Gasteiger charge is 2.35. The quantitative estimate of drug-likeness (QED) is 0.652. The van der Waals surface area contributed by atoms with E-state index in [1.807, 2.05) is 0 Å². The summed E-state index contributed by atoms with van der Waals surface area (Å²) in [7, 11) is -4.63. The summed E-state index contributed by atoms with van der Waals surface area (Å²) in [5, 5.41) is 0. The Kier molecular flexibility index (Phi) is 3.22. The Hall–Kier alpha value is -2.04. The van der Waals surface area contributed by atoms with Crippen LogP contribution in [0.3, 0.4) is 0 Å². The predicted octanol–water partition coefficient (Wildman–Crippen LogP) is -1.31. The number of anilines is 3. The summed E-state index contributed by atoms with van der Waals surface area (Å²) in [4.78, 5) is 23.9. The van der Waals surface area contributed by atoms with Crippen molar-refractivity contribution in [2.75, 3.05) is 28.7 Å². The largest absolute Gasteiger partial charge is 0.368 e. The van der Waals surface area contributed by atoms with Gasteiger partial charge < -0.3 is 11.5 Å². The molecule has 0 aromatic carbocycles. The molecular weight excluding hydrogens is 279 g/mol. The Morgan fingerprint density at radius 3 is 2.37 bits per heavy atom. The minimum Gasteiger partial charge on any atom is -0.368 e.